The summed E-state index contributed by atoms with van der Waals surface area (Å²) >= 11 is 2.08. The molecule has 73 valence electrons. The molecule has 0 aliphatic carbocycles. The molecule has 0 saturated heterocycles. The first kappa shape index (κ1) is 15.0. The smallest absolute Gasteiger partial charge is 0 e. The van der Waals surface area contributed by atoms with Crippen LogP contribution in [0.2, 0.25) is 0 Å². The van der Waals surface area contributed by atoms with Crippen LogP contribution in [0.4, 0.5) is 0 Å². The molecule has 0 bridgehead atoms. The summed E-state index contributed by atoms with van der Waals surface area (Å²) in [6.07, 6.45) is 4.34. The third-order valence-corrected chi connectivity index (χ3v) is 5.50. The van der Waals surface area contributed by atoms with Crippen molar-refractivity contribution in [2.75, 3.05) is 30.0 Å². The fourth-order valence-electron chi connectivity index (χ4n) is 0.878. The minimum absolute atomic E-state index is 0. The normalized spacial score (nSPS) is 9.82. The van der Waals surface area contributed by atoms with Gasteiger partial charge in [0.15, 0.2) is 0 Å². The van der Waals surface area contributed by atoms with Gasteiger partial charge < -0.3 is 0 Å². The average molecular weight is 375 g/mol. The van der Waals surface area contributed by atoms with E-state index in [9.17, 15) is 0 Å². The van der Waals surface area contributed by atoms with Gasteiger partial charge in [-0.25, -0.2) is 0 Å². The van der Waals surface area contributed by atoms with Crippen LogP contribution in [0.5, 0.6) is 0 Å². The quantitative estimate of drug-likeness (QED) is 0.390. The molecule has 0 saturated carbocycles. The Labute approximate surface area is 92.6 Å². The molecule has 0 heterocycles. The largest absolute Gasteiger partial charge is 0.162 e. The molecular weight excluding hydrogens is 356 g/mol. The van der Waals surface area contributed by atoms with E-state index in [1.54, 1.807) is 0 Å². The number of hydrogen-bond donors (Lipinski definition) is 0. The predicted octanol–water partition coefficient (Wildman–Crippen LogP) is 3.26. The Hall–Kier alpha value is 1.52. The summed E-state index contributed by atoms with van der Waals surface area (Å²) in [4.78, 5) is 0. The summed E-state index contributed by atoms with van der Waals surface area (Å²) in [6, 6.07) is 0. The number of thioether (sulfide) groups is 1. The van der Waals surface area contributed by atoms with E-state index in [0.717, 1.165) is 0 Å². The van der Waals surface area contributed by atoms with Crippen LogP contribution in [0, 0.1) is 0 Å². The van der Waals surface area contributed by atoms with Crippen molar-refractivity contribution >= 4 is 19.7 Å². The summed E-state index contributed by atoms with van der Waals surface area (Å²) in [5.41, 5.74) is 0. The van der Waals surface area contributed by atoms with Crippen molar-refractivity contribution < 1.29 is 22.4 Å². The van der Waals surface area contributed by atoms with E-state index in [2.05, 4.69) is 32.5 Å². The van der Waals surface area contributed by atoms with Crippen LogP contribution >= 0.6 is 19.7 Å². The van der Waals surface area contributed by atoms with Crippen LogP contribution in [-0.2, 0) is 22.4 Å². The molecule has 0 unspecified atom stereocenters. The van der Waals surface area contributed by atoms with Gasteiger partial charge in [-0.05, 0) is 30.0 Å². The van der Waals surface area contributed by atoms with Gasteiger partial charge in [-0.3, -0.25) is 0 Å². The second-order valence-corrected chi connectivity index (χ2v) is 6.67. The molecular formula is C8H19AuPS. The SMILES string of the molecule is CCSCCP(CC)CC.[Au]. The summed E-state index contributed by atoms with van der Waals surface area (Å²) in [7, 11) is 0.411. The van der Waals surface area contributed by atoms with E-state index in [1.165, 1.54) is 30.0 Å². The zero-order valence-corrected chi connectivity index (χ0v) is 11.6. The van der Waals surface area contributed by atoms with E-state index in [-0.39, 0.29) is 22.4 Å². The van der Waals surface area contributed by atoms with Gasteiger partial charge in [0.25, 0.3) is 0 Å². The Morgan fingerprint density at radius 3 is 2.00 bits per heavy atom. The van der Waals surface area contributed by atoms with Gasteiger partial charge in [0.2, 0.25) is 0 Å². The first-order chi connectivity index (χ1) is 4.85. The van der Waals surface area contributed by atoms with Gasteiger partial charge in [-0.15, -0.1) is 7.92 Å². The molecule has 0 nitrogen and oxygen atoms in total. The van der Waals surface area contributed by atoms with Gasteiger partial charge in [-0.1, -0.05) is 20.8 Å². The van der Waals surface area contributed by atoms with Crippen LogP contribution in [0.1, 0.15) is 20.8 Å². The van der Waals surface area contributed by atoms with Gasteiger partial charge >= 0.3 is 0 Å². The molecule has 0 fully saturated rings. The van der Waals surface area contributed by atoms with Gasteiger partial charge in [0, 0.05) is 22.4 Å². The molecule has 0 aromatic rings. The maximum atomic E-state index is 2.33. The first-order valence-corrected chi connectivity index (χ1v) is 7.20. The third kappa shape index (κ3) is 9.43. The Bertz CT molecular complexity index is 67.1. The van der Waals surface area contributed by atoms with Crippen molar-refractivity contribution in [2.45, 2.75) is 20.8 Å². The zero-order chi connectivity index (χ0) is 7.82. The van der Waals surface area contributed by atoms with Crippen LogP contribution in [0.3, 0.4) is 0 Å². The molecule has 0 N–H and O–H groups in total. The Morgan fingerprint density at radius 2 is 1.64 bits per heavy atom. The maximum Gasteiger partial charge on any atom is 0 e. The molecule has 0 aromatic carbocycles. The van der Waals surface area contributed by atoms with Crippen molar-refractivity contribution in [1.29, 1.82) is 0 Å². The minimum Gasteiger partial charge on any atom is -0.162 e. The van der Waals surface area contributed by atoms with Crippen molar-refractivity contribution in [3.8, 4) is 0 Å². The molecule has 0 aromatic heterocycles. The topological polar surface area (TPSA) is 0 Å². The van der Waals surface area contributed by atoms with Crippen LogP contribution in [0.15, 0.2) is 0 Å². The Balaban J connectivity index is 0. The fraction of sp³-hybridized carbons (Fsp3) is 1.00. The van der Waals surface area contributed by atoms with Crippen LogP contribution < -0.4 is 0 Å². The number of rotatable bonds is 6. The molecule has 0 aliphatic rings. The average Bonchev–Trinajstić information content (AvgIpc) is 1.99. The molecule has 0 rings (SSSR count). The Morgan fingerprint density at radius 1 is 1.09 bits per heavy atom. The predicted molar refractivity (Wildman–Crippen MR) is 55.9 cm³/mol. The number of hydrogen-bond acceptors (Lipinski definition) is 1. The Kier molecular flexibility index (Phi) is 15.7. The van der Waals surface area contributed by atoms with Crippen molar-refractivity contribution in [2.24, 2.45) is 0 Å². The van der Waals surface area contributed by atoms with Crippen molar-refractivity contribution in [1.82, 2.24) is 0 Å². The van der Waals surface area contributed by atoms with E-state index in [0.29, 0.717) is 7.92 Å². The monoisotopic (exact) mass is 375 g/mol. The first-order valence-electron chi connectivity index (χ1n) is 4.15. The maximum absolute atomic E-state index is 2.33. The van der Waals surface area contributed by atoms with Crippen LogP contribution in [-0.4, -0.2) is 30.0 Å². The summed E-state index contributed by atoms with van der Waals surface area (Å²) in [5, 5.41) is 0. The van der Waals surface area contributed by atoms with E-state index < -0.39 is 0 Å². The van der Waals surface area contributed by atoms with E-state index in [1.807, 2.05) is 0 Å². The summed E-state index contributed by atoms with van der Waals surface area (Å²) < 4.78 is 0. The fourth-order valence-corrected chi connectivity index (χ4v) is 3.80. The summed E-state index contributed by atoms with van der Waals surface area (Å²) in [6.45, 7) is 6.89. The minimum atomic E-state index is 0. The van der Waals surface area contributed by atoms with Crippen molar-refractivity contribution in [3.63, 3.8) is 0 Å². The van der Waals surface area contributed by atoms with E-state index in [4.69, 9.17) is 0 Å². The molecule has 0 spiro atoms. The zero-order valence-electron chi connectivity index (χ0n) is 7.69. The second-order valence-electron chi connectivity index (χ2n) is 2.22. The standard InChI is InChI=1S/C8H19PS.Au/c1-4-9(5-2)7-8-10-6-3;/h4-8H2,1-3H3;. The molecule has 3 heteroatoms. The van der Waals surface area contributed by atoms with Crippen molar-refractivity contribution in [3.05, 3.63) is 0 Å². The third-order valence-electron chi connectivity index (χ3n) is 1.65. The molecule has 1 radical (unpaired) electrons. The van der Waals surface area contributed by atoms with Crippen LogP contribution in [0.25, 0.3) is 0 Å². The summed E-state index contributed by atoms with van der Waals surface area (Å²) in [5.74, 6) is 2.68. The van der Waals surface area contributed by atoms with Gasteiger partial charge in [-0.2, -0.15) is 11.8 Å². The second kappa shape index (κ2) is 11.5. The molecule has 0 amide bonds. The van der Waals surface area contributed by atoms with Gasteiger partial charge in [0.1, 0.15) is 0 Å². The molecule has 11 heavy (non-hydrogen) atoms. The molecule has 0 atom stereocenters. The molecule has 0 aliphatic heterocycles. The van der Waals surface area contributed by atoms with Gasteiger partial charge in [0.05, 0.1) is 0 Å². The van der Waals surface area contributed by atoms with E-state index >= 15 is 0 Å².